The molecule has 6 heteroatoms. The van der Waals surface area contributed by atoms with Gasteiger partial charge >= 0.3 is 0 Å². The lowest BCUT2D eigenvalue weighted by Crippen LogP contribution is -2.55. The summed E-state index contributed by atoms with van der Waals surface area (Å²) < 4.78 is 31.8. The summed E-state index contributed by atoms with van der Waals surface area (Å²) in [6.07, 6.45) is 1.95. The molecule has 1 heterocycles. The molecule has 0 saturated carbocycles. The predicted octanol–water partition coefficient (Wildman–Crippen LogP) is 0.860. The molecule has 1 fully saturated rings. The first-order valence-electron chi connectivity index (χ1n) is 6.68. The van der Waals surface area contributed by atoms with Gasteiger partial charge in [-0.3, -0.25) is 0 Å². The van der Waals surface area contributed by atoms with E-state index in [1.54, 1.807) is 0 Å². The summed E-state index contributed by atoms with van der Waals surface area (Å²) in [6.45, 7) is 8.19. The molecule has 0 amide bonds. The Hall–Kier alpha value is -0.170. The van der Waals surface area contributed by atoms with Gasteiger partial charge in [-0.1, -0.05) is 0 Å². The topological polar surface area (TPSA) is 67.4 Å². The van der Waals surface area contributed by atoms with Crippen molar-refractivity contribution in [2.75, 3.05) is 12.4 Å². The summed E-state index contributed by atoms with van der Waals surface area (Å²) in [6, 6.07) is 0.629. The molecule has 1 saturated heterocycles. The average Bonchev–Trinajstić information content (AvgIpc) is 2.21. The van der Waals surface area contributed by atoms with E-state index in [2.05, 4.69) is 17.0 Å². The number of hydrogen-bond donors (Lipinski definition) is 2. The molecule has 0 spiro atoms. The van der Waals surface area contributed by atoms with Gasteiger partial charge in [0.1, 0.15) is 0 Å². The van der Waals surface area contributed by atoms with E-state index in [-0.39, 0.29) is 30.5 Å². The van der Waals surface area contributed by atoms with Gasteiger partial charge in [-0.2, -0.15) is 0 Å². The number of ether oxygens (including phenoxy) is 1. The lowest BCUT2D eigenvalue weighted by atomic mass is 9.96. The van der Waals surface area contributed by atoms with Crippen LogP contribution in [0.5, 0.6) is 0 Å². The maximum atomic E-state index is 11.9. The molecule has 3 atom stereocenters. The van der Waals surface area contributed by atoms with E-state index in [9.17, 15) is 8.42 Å². The number of rotatable bonds is 6. The molecule has 5 nitrogen and oxygen atoms in total. The molecule has 108 valence electrons. The molecule has 0 bridgehead atoms. The zero-order valence-electron chi connectivity index (χ0n) is 11.8. The molecule has 2 N–H and O–H groups in total. The Bertz CT molecular complexity index is 343. The van der Waals surface area contributed by atoms with Gasteiger partial charge < -0.3 is 10.1 Å². The molecule has 0 radical (unpaired) electrons. The number of nitrogens with one attached hydrogen (secondary N) is 2. The first kappa shape index (κ1) is 15.9. The Morgan fingerprint density at radius 1 is 1.33 bits per heavy atom. The summed E-state index contributed by atoms with van der Waals surface area (Å²) >= 11 is 0. The van der Waals surface area contributed by atoms with E-state index in [0.29, 0.717) is 6.04 Å². The van der Waals surface area contributed by atoms with Crippen LogP contribution < -0.4 is 10.0 Å². The average molecular weight is 278 g/mol. The van der Waals surface area contributed by atoms with Crippen LogP contribution in [-0.2, 0) is 14.8 Å². The molecule has 0 aromatic heterocycles. The summed E-state index contributed by atoms with van der Waals surface area (Å²) in [5, 5.41) is 3.37. The Labute approximate surface area is 111 Å². The second kappa shape index (κ2) is 6.84. The zero-order chi connectivity index (χ0) is 13.8. The first-order valence-corrected chi connectivity index (χ1v) is 8.33. The van der Waals surface area contributed by atoms with Gasteiger partial charge in [-0.05, 0) is 40.5 Å². The first-order chi connectivity index (χ1) is 8.30. The molecule has 18 heavy (non-hydrogen) atoms. The van der Waals surface area contributed by atoms with Crippen LogP contribution in [0.4, 0.5) is 0 Å². The quantitative estimate of drug-likeness (QED) is 0.756. The van der Waals surface area contributed by atoms with Crippen molar-refractivity contribution in [1.82, 2.24) is 10.0 Å². The summed E-state index contributed by atoms with van der Waals surface area (Å²) in [4.78, 5) is 0. The molecule has 0 aromatic carbocycles. The SMILES string of the molecule is CC1CCC(NS(=O)(=O)CCOC(C)C)C(C)N1. The van der Waals surface area contributed by atoms with Gasteiger partial charge in [0.05, 0.1) is 18.5 Å². The van der Waals surface area contributed by atoms with E-state index < -0.39 is 10.0 Å². The van der Waals surface area contributed by atoms with E-state index in [4.69, 9.17) is 4.74 Å². The Balaban J connectivity index is 2.40. The number of piperidine rings is 1. The number of sulfonamides is 1. The van der Waals surface area contributed by atoms with Crippen molar-refractivity contribution in [3.63, 3.8) is 0 Å². The second-order valence-corrected chi connectivity index (χ2v) is 7.27. The third kappa shape index (κ3) is 5.65. The van der Waals surface area contributed by atoms with Gasteiger partial charge in [-0.15, -0.1) is 0 Å². The van der Waals surface area contributed by atoms with Gasteiger partial charge in [0.15, 0.2) is 0 Å². The fourth-order valence-electron chi connectivity index (χ4n) is 2.17. The Kier molecular flexibility index (Phi) is 6.04. The van der Waals surface area contributed by atoms with Crippen molar-refractivity contribution in [2.24, 2.45) is 0 Å². The van der Waals surface area contributed by atoms with Crippen molar-refractivity contribution in [3.8, 4) is 0 Å². The predicted molar refractivity (Wildman–Crippen MR) is 73.1 cm³/mol. The minimum Gasteiger partial charge on any atom is -0.378 e. The highest BCUT2D eigenvalue weighted by Gasteiger charge is 2.27. The van der Waals surface area contributed by atoms with Crippen LogP contribution in [0, 0.1) is 0 Å². The normalized spacial score (nSPS) is 29.7. The molecular weight excluding hydrogens is 252 g/mol. The minimum absolute atomic E-state index is 0.00903. The van der Waals surface area contributed by atoms with Gasteiger partial charge in [0.2, 0.25) is 10.0 Å². The van der Waals surface area contributed by atoms with Crippen LogP contribution in [0.25, 0.3) is 0 Å². The van der Waals surface area contributed by atoms with Crippen molar-refractivity contribution < 1.29 is 13.2 Å². The van der Waals surface area contributed by atoms with Crippen LogP contribution in [0.2, 0.25) is 0 Å². The highest BCUT2D eigenvalue weighted by molar-refractivity contribution is 7.89. The second-order valence-electron chi connectivity index (χ2n) is 5.40. The highest BCUT2D eigenvalue weighted by Crippen LogP contribution is 2.14. The van der Waals surface area contributed by atoms with Gasteiger partial charge in [0.25, 0.3) is 0 Å². The Morgan fingerprint density at radius 3 is 2.56 bits per heavy atom. The fourth-order valence-corrected chi connectivity index (χ4v) is 3.39. The summed E-state index contributed by atoms with van der Waals surface area (Å²) in [5.41, 5.74) is 0. The van der Waals surface area contributed by atoms with E-state index in [1.807, 2.05) is 20.8 Å². The maximum Gasteiger partial charge on any atom is 0.214 e. The van der Waals surface area contributed by atoms with Crippen LogP contribution in [-0.4, -0.2) is 45.0 Å². The minimum atomic E-state index is -3.24. The van der Waals surface area contributed by atoms with E-state index in [0.717, 1.165) is 12.8 Å². The summed E-state index contributed by atoms with van der Waals surface area (Å²) in [5.74, 6) is 0.0317. The zero-order valence-corrected chi connectivity index (χ0v) is 12.6. The van der Waals surface area contributed by atoms with Crippen molar-refractivity contribution >= 4 is 10.0 Å². The van der Waals surface area contributed by atoms with Crippen LogP contribution in [0.1, 0.15) is 40.5 Å². The maximum absolute atomic E-state index is 11.9. The van der Waals surface area contributed by atoms with Crippen molar-refractivity contribution in [1.29, 1.82) is 0 Å². The molecule has 3 unspecified atom stereocenters. The van der Waals surface area contributed by atoms with E-state index >= 15 is 0 Å². The van der Waals surface area contributed by atoms with Crippen LogP contribution >= 0.6 is 0 Å². The molecule has 0 aromatic rings. The van der Waals surface area contributed by atoms with Gasteiger partial charge in [-0.25, -0.2) is 13.1 Å². The lowest BCUT2D eigenvalue weighted by molar-refractivity contribution is 0.0910. The highest BCUT2D eigenvalue weighted by atomic mass is 32.2. The van der Waals surface area contributed by atoms with Gasteiger partial charge in [0, 0.05) is 18.1 Å². The van der Waals surface area contributed by atoms with Crippen molar-refractivity contribution in [3.05, 3.63) is 0 Å². The summed E-state index contributed by atoms with van der Waals surface area (Å²) in [7, 11) is -3.24. The fraction of sp³-hybridized carbons (Fsp3) is 1.00. The smallest absolute Gasteiger partial charge is 0.214 e. The molecule has 0 aliphatic carbocycles. The lowest BCUT2D eigenvalue weighted by Gasteiger charge is -2.34. The standard InChI is InChI=1S/C12H26N2O3S/c1-9(2)17-7-8-18(15,16)14-12-6-5-10(3)13-11(12)4/h9-14H,5-8H2,1-4H3. The van der Waals surface area contributed by atoms with Crippen molar-refractivity contribution in [2.45, 2.75) is 64.8 Å². The van der Waals surface area contributed by atoms with Crippen LogP contribution in [0.3, 0.4) is 0 Å². The molecule has 1 rings (SSSR count). The molecule has 1 aliphatic heterocycles. The number of hydrogen-bond acceptors (Lipinski definition) is 4. The van der Waals surface area contributed by atoms with E-state index in [1.165, 1.54) is 0 Å². The largest absolute Gasteiger partial charge is 0.378 e. The Morgan fingerprint density at radius 2 is 2.00 bits per heavy atom. The third-order valence-electron chi connectivity index (χ3n) is 3.20. The monoisotopic (exact) mass is 278 g/mol. The molecule has 1 aliphatic rings. The molecular formula is C12H26N2O3S. The third-order valence-corrected chi connectivity index (χ3v) is 4.56. The van der Waals surface area contributed by atoms with Crippen LogP contribution in [0.15, 0.2) is 0 Å².